The van der Waals surface area contributed by atoms with Gasteiger partial charge in [0.1, 0.15) is 12.0 Å². The number of nitrogens with one attached hydrogen (secondary N) is 1. The summed E-state index contributed by atoms with van der Waals surface area (Å²) in [7, 11) is 1.49. The van der Waals surface area contributed by atoms with E-state index in [9.17, 15) is 4.79 Å². The number of benzene rings is 1. The number of methoxy groups -OCH3 is 1. The molecule has 6 nitrogen and oxygen atoms in total. The predicted octanol–water partition coefficient (Wildman–Crippen LogP) is 2.48. The van der Waals surface area contributed by atoms with Gasteiger partial charge in [0.05, 0.1) is 12.8 Å². The molecule has 0 bridgehead atoms. The van der Waals surface area contributed by atoms with Crippen LogP contribution in [0.25, 0.3) is 0 Å². The van der Waals surface area contributed by atoms with Crippen LogP contribution in [-0.2, 0) is 0 Å². The van der Waals surface area contributed by atoms with Crippen molar-refractivity contribution in [1.82, 2.24) is 4.98 Å². The van der Waals surface area contributed by atoms with Crippen LogP contribution in [0.3, 0.4) is 0 Å². The number of rotatable bonds is 3. The topological polar surface area (TPSA) is 90.4 Å². The maximum Gasteiger partial charge on any atom is 0.292 e. The summed E-state index contributed by atoms with van der Waals surface area (Å²) in [6.45, 7) is 1.82. The standard InChI is InChI=1S/C12H12ClN3O3/c1-6-3-8(10(18-2)4-7(6)13)15-11(17)9-5-19-12(14)16-9/h3-5H,1-2H3,(H2,14,16)(H,15,17). The Hall–Kier alpha value is -2.21. The van der Waals surface area contributed by atoms with E-state index in [1.165, 1.54) is 13.4 Å². The maximum atomic E-state index is 11.9. The third-order valence-electron chi connectivity index (χ3n) is 2.48. The lowest BCUT2D eigenvalue weighted by atomic mass is 10.2. The SMILES string of the molecule is COc1cc(Cl)c(C)cc1NC(=O)c1coc(N)n1. The van der Waals surface area contributed by atoms with E-state index in [0.717, 1.165) is 5.56 Å². The Bertz CT molecular complexity index is 625. The molecule has 2 rings (SSSR count). The first-order valence-electron chi connectivity index (χ1n) is 5.37. The number of aromatic nitrogens is 1. The molecule has 19 heavy (non-hydrogen) atoms. The molecule has 0 saturated carbocycles. The lowest BCUT2D eigenvalue weighted by Gasteiger charge is -2.11. The fourth-order valence-electron chi connectivity index (χ4n) is 1.51. The number of aryl methyl sites for hydroxylation is 1. The predicted molar refractivity (Wildman–Crippen MR) is 71.6 cm³/mol. The first-order valence-corrected chi connectivity index (χ1v) is 5.75. The molecule has 100 valence electrons. The molecule has 0 atom stereocenters. The minimum atomic E-state index is -0.444. The molecule has 1 amide bonds. The molecular formula is C12H12ClN3O3. The molecule has 1 aromatic heterocycles. The molecule has 0 unspecified atom stereocenters. The van der Waals surface area contributed by atoms with Crippen molar-refractivity contribution < 1.29 is 13.9 Å². The quantitative estimate of drug-likeness (QED) is 0.902. The first kappa shape index (κ1) is 13.2. The Kier molecular flexibility index (Phi) is 3.62. The van der Waals surface area contributed by atoms with Gasteiger partial charge in [-0.05, 0) is 18.6 Å². The van der Waals surface area contributed by atoms with Crippen molar-refractivity contribution in [3.63, 3.8) is 0 Å². The normalized spacial score (nSPS) is 10.3. The number of carbonyl (C=O) groups excluding carboxylic acids is 1. The number of hydrogen-bond acceptors (Lipinski definition) is 5. The second kappa shape index (κ2) is 5.19. The van der Waals surface area contributed by atoms with Gasteiger partial charge in [0.15, 0.2) is 5.69 Å². The van der Waals surface area contributed by atoms with Gasteiger partial charge >= 0.3 is 0 Å². The van der Waals surface area contributed by atoms with E-state index >= 15 is 0 Å². The van der Waals surface area contributed by atoms with E-state index in [0.29, 0.717) is 16.5 Å². The van der Waals surface area contributed by atoms with Crippen LogP contribution in [0, 0.1) is 6.92 Å². The van der Waals surface area contributed by atoms with Gasteiger partial charge in [-0.2, -0.15) is 4.98 Å². The highest BCUT2D eigenvalue weighted by Gasteiger charge is 2.14. The number of carbonyl (C=O) groups is 1. The molecule has 0 aliphatic rings. The maximum absolute atomic E-state index is 11.9. The van der Waals surface area contributed by atoms with Crippen LogP contribution in [0.15, 0.2) is 22.8 Å². The van der Waals surface area contributed by atoms with Gasteiger partial charge < -0.3 is 20.2 Å². The number of nitrogen functional groups attached to an aromatic ring is 1. The number of hydrogen-bond donors (Lipinski definition) is 2. The number of halogens is 1. The average Bonchev–Trinajstić information content (AvgIpc) is 2.80. The van der Waals surface area contributed by atoms with Crippen LogP contribution >= 0.6 is 11.6 Å². The summed E-state index contributed by atoms with van der Waals surface area (Å²) in [6, 6.07) is 3.27. The highest BCUT2D eigenvalue weighted by atomic mass is 35.5. The lowest BCUT2D eigenvalue weighted by Crippen LogP contribution is -2.13. The Balaban J connectivity index is 2.28. The van der Waals surface area contributed by atoms with Crippen LogP contribution in [0.2, 0.25) is 5.02 Å². The smallest absolute Gasteiger partial charge is 0.292 e. The Labute approximate surface area is 114 Å². The third kappa shape index (κ3) is 2.79. The van der Waals surface area contributed by atoms with Gasteiger partial charge in [-0.25, -0.2) is 0 Å². The summed E-state index contributed by atoms with van der Waals surface area (Å²) in [5.41, 5.74) is 6.71. The second-order valence-corrected chi connectivity index (χ2v) is 4.23. The zero-order valence-corrected chi connectivity index (χ0v) is 11.1. The minimum Gasteiger partial charge on any atom is -0.495 e. The van der Waals surface area contributed by atoms with Crippen molar-refractivity contribution in [2.24, 2.45) is 0 Å². The zero-order valence-electron chi connectivity index (χ0n) is 10.4. The number of oxazole rings is 1. The summed E-state index contributed by atoms with van der Waals surface area (Å²) >= 11 is 5.98. The first-order chi connectivity index (χ1) is 9.01. The third-order valence-corrected chi connectivity index (χ3v) is 2.89. The number of ether oxygens (including phenoxy) is 1. The molecule has 0 radical (unpaired) electrons. The summed E-state index contributed by atoms with van der Waals surface area (Å²) in [5.74, 6) is 0.0147. The van der Waals surface area contributed by atoms with Crippen molar-refractivity contribution in [3.8, 4) is 5.75 Å². The molecule has 0 aliphatic heterocycles. The molecule has 0 fully saturated rings. The Morgan fingerprint density at radius 1 is 1.53 bits per heavy atom. The number of anilines is 2. The molecule has 1 aromatic carbocycles. The Morgan fingerprint density at radius 2 is 2.26 bits per heavy atom. The summed E-state index contributed by atoms with van der Waals surface area (Å²) in [5, 5.41) is 3.21. The number of amides is 1. The van der Waals surface area contributed by atoms with Crippen molar-refractivity contribution >= 4 is 29.2 Å². The van der Waals surface area contributed by atoms with E-state index in [2.05, 4.69) is 10.3 Å². The molecule has 7 heteroatoms. The average molecular weight is 282 g/mol. The molecule has 0 spiro atoms. The van der Waals surface area contributed by atoms with Crippen LogP contribution < -0.4 is 15.8 Å². The van der Waals surface area contributed by atoms with Crippen LogP contribution in [-0.4, -0.2) is 18.0 Å². The van der Waals surface area contributed by atoms with Crippen molar-refractivity contribution in [3.05, 3.63) is 34.7 Å². The summed E-state index contributed by atoms with van der Waals surface area (Å²) < 4.78 is 9.93. The van der Waals surface area contributed by atoms with Crippen LogP contribution in [0.4, 0.5) is 11.7 Å². The zero-order chi connectivity index (χ0) is 14.0. The van der Waals surface area contributed by atoms with E-state index in [1.54, 1.807) is 12.1 Å². The van der Waals surface area contributed by atoms with Gasteiger partial charge in [0.2, 0.25) is 0 Å². The fourth-order valence-corrected chi connectivity index (χ4v) is 1.66. The molecule has 2 aromatic rings. The lowest BCUT2D eigenvalue weighted by molar-refractivity contribution is 0.102. The number of nitrogens with zero attached hydrogens (tertiary/aromatic N) is 1. The summed E-state index contributed by atoms with van der Waals surface area (Å²) in [6.07, 6.45) is 1.18. The fraction of sp³-hybridized carbons (Fsp3) is 0.167. The van der Waals surface area contributed by atoms with Gasteiger partial charge in [-0.1, -0.05) is 11.6 Å². The summed E-state index contributed by atoms with van der Waals surface area (Å²) in [4.78, 5) is 15.6. The van der Waals surface area contributed by atoms with Gasteiger partial charge in [0, 0.05) is 11.1 Å². The van der Waals surface area contributed by atoms with Crippen LogP contribution in [0.1, 0.15) is 16.1 Å². The highest BCUT2D eigenvalue weighted by molar-refractivity contribution is 6.31. The molecule has 0 saturated heterocycles. The minimum absolute atomic E-state index is 0.0654. The molecule has 0 aliphatic carbocycles. The monoisotopic (exact) mass is 281 g/mol. The van der Waals surface area contributed by atoms with Gasteiger partial charge in [-0.15, -0.1) is 0 Å². The van der Waals surface area contributed by atoms with Crippen molar-refractivity contribution in [2.45, 2.75) is 6.92 Å². The highest BCUT2D eigenvalue weighted by Crippen LogP contribution is 2.31. The second-order valence-electron chi connectivity index (χ2n) is 3.83. The van der Waals surface area contributed by atoms with E-state index in [4.69, 9.17) is 26.5 Å². The van der Waals surface area contributed by atoms with E-state index < -0.39 is 5.91 Å². The largest absolute Gasteiger partial charge is 0.495 e. The van der Waals surface area contributed by atoms with Crippen molar-refractivity contribution in [2.75, 3.05) is 18.2 Å². The van der Waals surface area contributed by atoms with E-state index in [-0.39, 0.29) is 11.7 Å². The van der Waals surface area contributed by atoms with Gasteiger partial charge in [-0.3, -0.25) is 4.79 Å². The molecule has 3 N–H and O–H groups in total. The van der Waals surface area contributed by atoms with Crippen LogP contribution in [0.5, 0.6) is 5.75 Å². The van der Waals surface area contributed by atoms with E-state index in [1.807, 2.05) is 6.92 Å². The number of nitrogens with two attached hydrogens (primary N) is 1. The van der Waals surface area contributed by atoms with Crippen molar-refractivity contribution in [1.29, 1.82) is 0 Å². The molecular weight excluding hydrogens is 270 g/mol. The van der Waals surface area contributed by atoms with Gasteiger partial charge in [0.25, 0.3) is 11.9 Å². The Morgan fingerprint density at radius 3 is 2.84 bits per heavy atom. The molecule has 1 heterocycles.